The third-order valence-corrected chi connectivity index (χ3v) is 3.96. The highest BCUT2D eigenvalue weighted by Crippen LogP contribution is 2.27. The van der Waals surface area contributed by atoms with Gasteiger partial charge in [0.2, 0.25) is 0 Å². The summed E-state index contributed by atoms with van der Waals surface area (Å²) in [4.78, 5) is 6.81. The highest BCUT2D eigenvalue weighted by molar-refractivity contribution is 5.86. The van der Waals surface area contributed by atoms with E-state index in [9.17, 15) is 10.4 Å². The van der Waals surface area contributed by atoms with Gasteiger partial charge in [-0.3, -0.25) is 0 Å². The number of fused-ring (bicyclic) bond motifs is 1. The fourth-order valence-corrected chi connectivity index (χ4v) is 2.89. The minimum absolute atomic E-state index is 0.115. The Labute approximate surface area is 118 Å². The summed E-state index contributed by atoms with van der Waals surface area (Å²) in [7, 11) is 0. The van der Waals surface area contributed by atoms with Crippen LogP contribution in [0.2, 0.25) is 0 Å². The highest BCUT2D eigenvalue weighted by atomic mass is 16.3. The summed E-state index contributed by atoms with van der Waals surface area (Å²) in [6.45, 7) is 1.03. The molecule has 0 aliphatic carbocycles. The maximum Gasteiger partial charge on any atom is 0.130 e. The molecule has 2 heterocycles. The van der Waals surface area contributed by atoms with Crippen LogP contribution in [0.25, 0.3) is 10.9 Å². The molecular weight excluding hydrogens is 250 g/mol. The second-order valence-electron chi connectivity index (χ2n) is 5.18. The van der Waals surface area contributed by atoms with Crippen molar-refractivity contribution in [2.24, 2.45) is 0 Å². The Hall–Kier alpha value is -2.12. The van der Waals surface area contributed by atoms with E-state index < -0.39 is 0 Å². The van der Waals surface area contributed by atoms with Crippen LogP contribution < -0.4 is 4.90 Å². The summed E-state index contributed by atoms with van der Waals surface area (Å²) < 4.78 is 0. The molecule has 1 fully saturated rings. The molecule has 20 heavy (non-hydrogen) atoms. The molecule has 1 atom stereocenters. The number of rotatable bonds is 2. The van der Waals surface area contributed by atoms with Gasteiger partial charge in [-0.15, -0.1) is 0 Å². The van der Waals surface area contributed by atoms with E-state index in [4.69, 9.17) is 0 Å². The minimum Gasteiger partial charge on any atom is -0.394 e. The average Bonchev–Trinajstić information content (AvgIpc) is 2.53. The first-order chi connectivity index (χ1) is 9.83. The molecule has 0 spiro atoms. The molecule has 102 valence electrons. The number of hydrogen-bond acceptors (Lipinski definition) is 4. The summed E-state index contributed by atoms with van der Waals surface area (Å²) in [5, 5.41) is 19.7. The predicted octanol–water partition coefficient (Wildman–Crippen LogP) is 2.46. The van der Waals surface area contributed by atoms with Crippen LogP contribution in [0, 0.1) is 11.3 Å². The van der Waals surface area contributed by atoms with Crippen LogP contribution >= 0.6 is 0 Å². The topological polar surface area (TPSA) is 60.2 Å². The van der Waals surface area contributed by atoms with Crippen LogP contribution in [-0.4, -0.2) is 29.3 Å². The molecular formula is C16H17N3O. The van der Waals surface area contributed by atoms with E-state index in [1.807, 2.05) is 30.3 Å². The molecule has 0 amide bonds. The molecule has 1 saturated heterocycles. The second kappa shape index (κ2) is 5.48. The van der Waals surface area contributed by atoms with E-state index in [2.05, 4.69) is 16.0 Å². The lowest BCUT2D eigenvalue weighted by molar-refractivity contribution is 0.239. The van der Waals surface area contributed by atoms with Crippen molar-refractivity contribution in [3.8, 4) is 6.07 Å². The summed E-state index contributed by atoms with van der Waals surface area (Å²) in [5.41, 5.74) is 1.48. The van der Waals surface area contributed by atoms with Gasteiger partial charge >= 0.3 is 0 Å². The summed E-state index contributed by atoms with van der Waals surface area (Å²) in [6.07, 6.45) is 3.22. The zero-order chi connectivity index (χ0) is 13.9. The van der Waals surface area contributed by atoms with Gasteiger partial charge < -0.3 is 10.0 Å². The number of pyridine rings is 1. The largest absolute Gasteiger partial charge is 0.394 e. The van der Waals surface area contributed by atoms with Crippen molar-refractivity contribution in [2.75, 3.05) is 18.1 Å². The zero-order valence-corrected chi connectivity index (χ0v) is 11.3. The summed E-state index contributed by atoms with van der Waals surface area (Å²) in [5.74, 6) is 0.805. The number of para-hydroxylation sites is 1. The van der Waals surface area contributed by atoms with Crippen LogP contribution in [-0.2, 0) is 0 Å². The Balaban J connectivity index is 2.09. The number of hydrogen-bond donors (Lipinski definition) is 1. The molecule has 4 nitrogen and oxygen atoms in total. The first kappa shape index (κ1) is 12.9. The number of aliphatic hydroxyl groups is 1. The number of piperidine rings is 1. The normalized spacial score (nSPS) is 19.0. The van der Waals surface area contributed by atoms with Crippen molar-refractivity contribution in [1.82, 2.24) is 4.98 Å². The molecule has 0 saturated carbocycles. The van der Waals surface area contributed by atoms with Crippen molar-refractivity contribution in [2.45, 2.75) is 25.3 Å². The van der Waals surface area contributed by atoms with Gasteiger partial charge in [-0.05, 0) is 31.4 Å². The van der Waals surface area contributed by atoms with Crippen molar-refractivity contribution < 1.29 is 5.11 Å². The predicted molar refractivity (Wildman–Crippen MR) is 78.5 cm³/mol. The molecule has 2 aromatic rings. The van der Waals surface area contributed by atoms with E-state index in [1.54, 1.807) is 0 Å². The van der Waals surface area contributed by atoms with E-state index in [-0.39, 0.29) is 12.6 Å². The Morgan fingerprint density at radius 3 is 3.00 bits per heavy atom. The third kappa shape index (κ3) is 2.21. The van der Waals surface area contributed by atoms with E-state index in [0.717, 1.165) is 42.5 Å². The number of aliphatic hydroxyl groups excluding tert-OH is 1. The van der Waals surface area contributed by atoms with E-state index in [1.165, 1.54) is 0 Å². The van der Waals surface area contributed by atoms with Gasteiger partial charge in [0.15, 0.2) is 0 Å². The van der Waals surface area contributed by atoms with Crippen molar-refractivity contribution in [3.63, 3.8) is 0 Å². The first-order valence-corrected chi connectivity index (χ1v) is 7.01. The zero-order valence-electron chi connectivity index (χ0n) is 11.3. The van der Waals surface area contributed by atoms with Gasteiger partial charge in [0.1, 0.15) is 5.82 Å². The lowest BCUT2D eigenvalue weighted by Crippen LogP contribution is -2.42. The van der Waals surface area contributed by atoms with Gasteiger partial charge in [0.05, 0.1) is 29.8 Å². The van der Waals surface area contributed by atoms with Gasteiger partial charge in [-0.1, -0.05) is 18.2 Å². The molecule has 1 aromatic carbocycles. The third-order valence-electron chi connectivity index (χ3n) is 3.96. The Kier molecular flexibility index (Phi) is 3.53. The number of aromatic nitrogens is 1. The lowest BCUT2D eigenvalue weighted by Gasteiger charge is -2.35. The van der Waals surface area contributed by atoms with Gasteiger partial charge in [-0.25, -0.2) is 4.98 Å². The molecule has 3 rings (SSSR count). The van der Waals surface area contributed by atoms with Crippen LogP contribution in [0.15, 0.2) is 30.3 Å². The second-order valence-corrected chi connectivity index (χ2v) is 5.18. The van der Waals surface area contributed by atoms with Crippen molar-refractivity contribution in [3.05, 3.63) is 35.9 Å². The Bertz CT molecular complexity index is 662. The Morgan fingerprint density at radius 2 is 2.20 bits per heavy atom. The monoisotopic (exact) mass is 267 g/mol. The Morgan fingerprint density at radius 1 is 1.35 bits per heavy atom. The smallest absolute Gasteiger partial charge is 0.130 e. The SMILES string of the molecule is N#Cc1cc(N2CCCCC2CO)nc2ccccc12. The maximum atomic E-state index is 9.53. The molecule has 1 aliphatic heterocycles. The van der Waals surface area contributed by atoms with Crippen LogP contribution in [0.3, 0.4) is 0 Å². The van der Waals surface area contributed by atoms with Crippen molar-refractivity contribution >= 4 is 16.7 Å². The van der Waals surface area contributed by atoms with Gasteiger partial charge in [0, 0.05) is 11.9 Å². The standard InChI is InChI=1S/C16H17N3O/c17-10-12-9-16(18-15-7-2-1-6-14(12)15)19-8-4-3-5-13(19)11-20/h1-2,6-7,9,13,20H,3-5,8,11H2. The van der Waals surface area contributed by atoms with E-state index >= 15 is 0 Å². The maximum absolute atomic E-state index is 9.53. The molecule has 1 aliphatic rings. The van der Waals surface area contributed by atoms with Crippen LogP contribution in [0.5, 0.6) is 0 Å². The van der Waals surface area contributed by atoms with Crippen LogP contribution in [0.4, 0.5) is 5.82 Å². The van der Waals surface area contributed by atoms with Crippen molar-refractivity contribution in [1.29, 1.82) is 5.26 Å². The van der Waals surface area contributed by atoms with Crippen LogP contribution in [0.1, 0.15) is 24.8 Å². The minimum atomic E-state index is 0.115. The molecule has 1 aromatic heterocycles. The number of nitrogens with zero attached hydrogens (tertiary/aromatic N) is 3. The lowest BCUT2D eigenvalue weighted by atomic mass is 10.0. The van der Waals surface area contributed by atoms with Gasteiger partial charge in [-0.2, -0.15) is 5.26 Å². The fourth-order valence-electron chi connectivity index (χ4n) is 2.89. The average molecular weight is 267 g/mol. The fraction of sp³-hybridized carbons (Fsp3) is 0.375. The highest BCUT2D eigenvalue weighted by Gasteiger charge is 2.23. The number of nitriles is 1. The van der Waals surface area contributed by atoms with E-state index in [0.29, 0.717) is 5.56 Å². The summed E-state index contributed by atoms with van der Waals surface area (Å²) in [6, 6.07) is 11.9. The molecule has 0 bridgehead atoms. The first-order valence-electron chi connectivity index (χ1n) is 7.01. The number of benzene rings is 1. The summed E-state index contributed by atoms with van der Waals surface area (Å²) >= 11 is 0. The molecule has 1 unspecified atom stereocenters. The quantitative estimate of drug-likeness (QED) is 0.908. The number of anilines is 1. The molecule has 0 radical (unpaired) electrons. The molecule has 4 heteroatoms. The van der Waals surface area contributed by atoms with Gasteiger partial charge in [0.25, 0.3) is 0 Å². The molecule has 1 N–H and O–H groups in total.